The van der Waals surface area contributed by atoms with Gasteiger partial charge in [-0.2, -0.15) is 0 Å². The van der Waals surface area contributed by atoms with Crippen molar-refractivity contribution < 1.29 is 42.8 Å². The molecule has 0 aromatic heterocycles. The smallest absolute Gasteiger partial charge is 0.338 e. The summed E-state index contributed by atoms with van der Waals surface area (Å²) >= 11 is 0. The number of hydrogen-bond donors (Lipinski definition) is 0. The van der Waals surface area contributed by atoms with E-state index in [1.165, 1.54) is 36.4 Å². The van der Waals surface area contributed by atoms with E-state index in [9.17, 15) is 14.4 Å². The first-order valence-corrected chi connectivity index (χ1v) is 10.6. The van der Waals surface area contributed by atoms with E-state index < -0.39 is 42.3 Å². The van der Waals surface area contributed by atoms with Crippen LogP contribution in [0, 0.1) is 6.57 Å². The topological polar surface area (TPSA) is 111 Å². The number of ether oxygens (including phenoxy) is 6. The maximum Gasteiger partial charge on any atom is 0.338 e. The third-order valence-electron chi connectivity index (χ3n) is 5.39. The Hall–Kier alpha value is -4.20. The predicted molar refractivity (Wildman–Crippen MR) is 119 cm³/mol. The Morgan fingerprint density at radius 3 is 1.91 bits per heavy atom. The van der Waals surface area contributed by atoms with E-state index in [0.717, 1.165) is 6.08 Å². The van der Waals surface area contributed by atoms with Crippen molar-refractivity contribution in [3.8, 4) is 5.75 Å². The Bertz CT molecular complexity index is 1140. The molecule has 0 amide bonds. The number of hydrogen-bond acceptors (Lipinski definition) is 9. The average molecular weight is 479 g/mol. The van der Waals surface area contributed by atoms with Crippen molar-refractivity contribution in [2.45, 2.75) is 24.4 Å². The van der Waals surface area contributed by atoms with Gasteiger partial charge in [-0.1, -0.05) is 30.8 Å². The number of carbonyl (C=O) groups excluding carboxylic acids is 3. The molecule has 2 heterocycles. The van der Waals surface area contributed by atoms with Crippen LogP contribution in [0.2, 0.25) is 0 Å². The van der Waals surface area contributed by atoms with Gasteiger partial charge in [-0.05, 0) is 24.3 Å². The largest absolute Gasteiger partial charge is 0.457 e. The lowest BCUT2D eigenvalue weighted by Gasteiger charge is -2.17. The average Bonchev–Trinajstić information content (AvgIpc) is 3.47. The van der Waals surface area contributed by atoms with Gasteiger partial charge in [0.15, 0.2) is 17.9 Å². The minimum atomic E-state index is -0.664. The first-order chi connectivity index (χ1) is 17.0. The first-order valence-electron chi connectivity index (χ1n) is 10.6. The van der Waals surface area contributed by atoms with Gasteiger partial charge in [0.1, 0.15) is 18.0 Å². The van der Waals surface area contributed by atoms with E-state index in [-0.39, 0.29) is 25.6 Å². The maximum absolute atomic E-state index is 12.6. The third-order valence-corrected chi connectivity index (χ3v) is 5.39. The van der Waals surface area contributed by atoms with E-state index in [1.54, 1.807) is 12.1 Å². The summed E-state index contributed by atoms with van der Waals surface area (Å²) in [5.74, 6) is -1.34. The molecule has 2 aromatic rings. The van der Waals surface area contributed by atoms with Gasteiger partial charge in [0, 0.05) is 6.08 Å². The lowest BCUT2D eigenvalue weighted by atomic mass is 10.1. The highest BCUT2D eigenvalue weighted by molar-refractivity contribution is 5.90. The molecule has 2 aliphatic rings. The minimum absolute atomic E-state index is 0.102. The predicted octanol–water partition coefficient (Wildman–Crippen LogP) is 2.85. The van der Waals surface area contributed by atoms with E-state index in [1.807, 2.05) is 0 Å². The standard InChI is InChI=1S/C25H21NO9/c1-3-21(27)33-14-32-18-10-6-16(7-11-18)25(29)35-20-13-31-22-19(12-30-23(20)22)34-24(28)15-4-8-17(26-2)9-5-15/h3-11,19-20,22-23H,1,12-14H2. The molecule has 4 atom stereocenters. The molecule has 2 fully saturated rings. The molecule has 0 spiro atoms. The molecule has 0 saturated carbocycles. The van der Waals surface area contributed by atoms with Crippen LogP contribution in [0.5, 0.6) is 5.75 Å². The number of carbonyl (C=O) groups is 3. The van der Waals surface area contributed by atoms with Gasteiger partial charge >= 0.3 is 17.9 Å². The zero-order chi connectivity index (χ0) is 24.8. The van der Waals surface area contributed by atoms with Crippen molar-refractivity contribution in [2.75, 3.05) is 20.0 Å². The first kappa shape index (κ1) is 23.9. The third kappa shape index (κ3) is 5.66. The summed E-state index contributed by atoms with van der Waals surface area (Å²) in [6, 6.07) is 12.2. The van der Waals surface area contributed by atoms with Gasteiger partial charge in [-0.25, -0.2) is 19.2 Å². The number of nitrogens with zero attached hydrogens (tertiary/aromatic N) is 1. The molecule has 2 saturated heterocycles. The molecule has 4 unspecified atom stereocenters. The molecule has 35 heavy (non-hydrogen) atoms. The number of benzene rings is 2. The Morgan fingerprint density at radius 1 is 0.914 bits per heavy atom. The molecule has 180 valence electrons. The molecule has 10 nitrogen and oxygen atoms in total. The lowest BCUT2D eigenvalue weighted by molar-refractivity contribution is -0.144. The van der Waals surface area contributed by atoms with Crippen LogP contribution in [0.4, 0.5) is 5.69 Å². The second-order valence-electron chi connectivity index (χ2n) is 7.60. The highest BCUT2D eigenvalue weighted by Gasteiger charge is 2.51. The van der Waals surface area contributed by atoms with Crippen LogP contribution in [0.3, 0.4) is 0 Å². The summed E-state index contributed by atoms with van der Waals surface area (Å²) in [6.07, 6.45) is -1.42. The summed E-state index contributed by atoms with van der Waals surface area (Å²) in [7, 11) is 0. The van der Waals surface area contributed by atoms with E-state index in [2.05, 4.69) is 11.4 Å². The van der Waals surface area contributed by atoms with Crippen molar-refractivity contribution in [3.05, 3.63) is 83.7 Å². The molecular weight excluding hydrogens is 458 g/mol. The SMILES string of the molecule is [C-]#[N+]c1ccc(C(=O)OC2COC3C(OC(=O)c4ccc(OCOC(=O)C=C)cc4)COC23)cc1. The van der Waals surface area contributed by atoms with Crippen LogP contribution in [0.1, 0.15) is 20.7 Å². The summed E-state index contributed by atoms with van der Waals surface area (Å²) in [5, 5.41) is 0. The highest BCUT2D eigenvalue weighted by atomic mass is 16.7. The monoisotopic (exact) mass is 479 g/mol. The van der Waals surface area contributed by atoms with Crippen molar-refractivity contribution in [3.63, 3.8) is 0 Å². The number of fused-ring (bicyclic) bond motifs is 1. The Morgan fingerprint density at radius 2 is 1.43 bits per heavy atom. The van der Waals surface area contributed by atoms with Crippen molar-refractivity contribution in [1.82, 2.24) is 0 Å². The highest BCUT2D eigenvalue weighted by Crippen LogP contribution is 2.31. The molecule has 0 radical (unpaired) electrons. The summed E-state index contributed by atoms with van der Waals surface area (Å²) in [5.41, 5.74) is 1.02. The van der Waals surface area contributed by atoms with Crippen LogP contribution < -0.4 is 4.74 Å². The molecule has 0 aliphatic carbocycles. The summed E-state index contributed by atoms with van der Waals surface area (Å²) in [4.78, 5) is 39.3. The van der Waals surface area contributed by atoms with Crippen LogP contribution >= 0.6 is 0 Å². The van der Waals surface area contributed by atoms with E-state index in [4.69, 9.17) is 35.0 Å². The van der Waals surface area contributed by atoms with Gasteiger partial charge < -0.3 is 28.4 Å². The minimum Gasteiger partial charge on any atom is -0.457 e. The maximum atomic E-state index is 12.6. The van der Waals surface area contributed by atoms with Crippen LogP contribution in [-0.2, 0) is 28.5 Å². The molecule has 2 aromatic carbocycles. The second-order valence-corrected chi connectivity index (χ2v) is 7.60. The van der Waals surface area contributed by atoms with Crippen molar-refractivity contribution >= 4 is 23.6 Å². The van der Waals surface area contributed by atoms with E-state index >= 15 is 0 Å². The molecular formula is C25H21NO9. The van der Waals surface area contributed by atoms with Crippen molar-refractivity contribution in [1.29, 1.82) is 0 Å². The van der Waals surface area contributed by atoms with Crippen LogP contribution in [0.15, 0.2) is 61.2 Å². The number of esters is 3. The Kier molecular flexibility index (Phi) is 7.40. The van der Waals surface area contributed by atoms with Gasteiger partial charge in [0.2, 0.25) is 6.79 Å². The normalized spacial score (nSPS) is 22.4. The zero-order valence-corrected chi connectivity index (χ0v) is 18.5. The summed E-state index contributed by atoms with van der Waals surface area (Å²) < 4.78 is 32.5. The molecule has 2 aliphatic heterocycles. The van der Waals surface area contributed by atoms with Crippen LogP contribution in [-0.4, -0.2) is 62.3 Å². The fraction of sp³-hybridized carbons (Fsp3) is 0.280. The molecule has 0 bridgehead atoms. The van der Waals surface area contributed by atoms with Gasteiger partial charge in [-0.3, -0.25) is 0 Å². The fourth-order valence-corrected chi connectivity index (χ4v) is 3.62. The molecule has 0 N–H and O–H groups in total. The quantitative estimate of drug-likeness (QED) is 0.186. The van der Waals surface area contributed by atoms with Gasteiger partial charge in [0.25, 0.3) is 0 Å². The fourth-order valence-electron chi connectivity index (χ4n) is 3.62. The van der Waals surface area contributed by atoms with Gasteiger partial charge in [-0.15, -0.1) is 0 Å². The Labute approximate surface area is 200 Å². The Balaban J connectivity index is 1.28. The lowest BCUT2D eigenvalue weighted by Crippen LogP contribution is -2.36. The van der Waals surface area contributed by atoms with Gasteiger partial charge in [0.05, 0.1) is 30.9 Å². The van der Waals surface area contributed by atoms with Crippen molar-refractivity contribution in [2.24, 2.45) is 0 Å². The summed E-state index contributed by atoms with van der Waals surface area (Å²) in [6.45, 7) is 10.2. The number of rotatable bonds is 8. The van der Waals surface area contributed by atoms with Crippen LogP contribution in [0.25, 0.3) is 4.85 Å². The zero-order valence-electron chi connectivity index (χ0n) is 18.5. The molecule has 4 rings (SSSR count). The second kappa shape index (κ2) is 10.8. The molecule has 10 heteroatoms. The van der Waals surface area contributed by atoms with E-state index in [0.29, 0.717) is 17.0 Å².